The summed E-state index contributed by atoms with van der Waals surface area (Å²) in [7, 11) is 0. The highest BCUT2D eigenvalue weighted by molar-refractivity contribution is 5.95. The number of oxazole rings is 1. The molecule has 1 heterocycles. The van der Waals surface area contributed by atoms with Crippen LogP contribution in [0.2, 0.25) is 0 Å². The zero-order valence-electron chi connectivity index (χ0n) is 14.2. The van der Waals surface area contributed by atoms with Crippen LogP contribution in [0.15, 0.2) is 53.1 Å². The van der Waals surface area contributed by atoms with E-state index in [9.17, 15) is 9.18 Å². The molecule has 0 fully saturated rings. The lowest BCUT2D eigenvalue weighted by Gasteiger charge is -2.07. The number of aryl methyl sites for hydroxylation is 2. The van der Waals surface area contributed by atoms with Gasteiger partial charge in [0.15, 0.2) is 0 Å². The maximum Gasteiger partial charge on any atom is 0.251 e. The van der Waals surface area contributed by atoms with Crippen molar-refractivity contribution in [3.63, 3.8) is 0 Å². The van der Waals surface area contributed by atoms with Gasteiger partial charge >= 0.3 is 0 Å². The number of hydrogen-bond donors (Lipinski definition) is 1. The number of nitrogens with one attached hydrogen (secondary N) is 1. The van der Waals surface area contributed by atoms with Crippen molar-refractivity contribution in [2.24, 2.45) is 0 Å². The molecule has 3 rings (SSSR count). The molecule has 128 valence electrons. The lowest BCUT2D eigenvalue weighted by atomic mass is 10.1. The van der Waals surface area contributed by atoms with E-state index in [2.05, 4.69) is 10.3 Å². The van der Waals surface area contributed by atoms with Crippen LogP contribution in [0.25, 0.3) is 11.5 Å². The highest BCUT2D eigenvalue weighted by Gasteiger charge is 2.10. The molecule has 1 N–H and O–H groups in total. The van der Waals surface area contributed by atoms with Gasteiger partial charge < -0.3 is 9.73 Å². The van der Waals surface area contributed by atoms with Crippen molar-refractivity contribution in [3.8, 4) is 11.5 Å². The number of amides is 1. The van der Waals surface area contributed by atoms with Crippen molar-refractivity contribution in [1.82, 2.24) is 10.3 Å². The largest absolute Gasteiger partial charge is 0.444 e. The Hall–Kier alpha value is -2.95. The summed E-state index contributed by atoms with van der Waals surface area (Å²) in [5, 5.41) is 2.89. The Morgan fingerprint density at radius 2 is 1.92 bits per heavy atom. The van der Waals surface area contributed by atoms with Crippen molar-refractivity contribution in [3.05, 3.63) is 76.9 Å². The second-order valence-corrected chi connectivity index (χ2v) is 5.98. The van der Waals surface area contributed by atoms with Crippen LogP contribution in [0.4, 0.5) is 4.39 Å². The number of carbonyl (C=O) groups excluding carboxylic acids is 1. The number of rotatable bonds is 5. The molecule has 0 aliphatic rings. The molecule has 0 radical (unpaired) electrons. The summed E-state index contributed by atoms with van der Waals surface area (Å²) in [6.45, 7) is 4.38. The van der Waals surface area contributed by atoms with Gasteiger partial charge in [-0.1, -0.05) is 17.7 Å². The average Bonchev–Trinajstić information content (AvgIpc) is 3.04. The first-order chi connectivity index (χ1) is 12.0. The molecular weight excluding hydrogens is 319 g/mol. The average molecular weight is 338 g/mol. The van der Waals surface area contributed by atoms with Gasteiger partial charge in [-0.2, -0.15) is 0 Å². The highest BCUT2D eigenvalue weighted by Crippen LogP contribution is 2.19. The summed E-state index contributed by atoms with van der Waals surface area (Å²) < 4.78 is 18.4. The number of aromatic nitrogens is 1. The maximum atomic E-state index is 12.9. The zero-order chi connectivity index (χ0) is 17.8. The highest BCUT2D eigenvalue weighted by atomic mass is 19.1. The zero-order valence-corrected chi connectivity index (χ0v) is 14.2. The SMILES string of the molecule is Cc1ccc(C(=O)NCCc2coc(-c3ccc(F)cc3)n2)c(C)c1. The van der Waals surface area contributed by atoms with Crippen LogP contribution in [-0.2, 0) is 6.42 Å². The lowest BCUT2D eigenvalue weighted by Crippen LogP contribution is -2.26. The fourth-order valence-corrected chi connectivity index (χ4v) is 2.61. The van der Waals surface area contributed by atoms with Crippen LogP contribution in [0.5, 0.6) is 0 Å². The van der Waals surface area contributed by atoms with Gasteiger partial charge in [-0.05, 0) is 49.7 Å². The number of carbonyl (C=O) groups is 1. The number of hydrogen-bond acceptors (Lipinski definition) is 3. The predicted molar refractivity (Wildman–Crippen MR) is 93.9 cm³/mol. The fourth-order valence-electron chi connectivity index (χ4n) is 2.61. The van der Waals surface area contributed by atoms with Gasteiger partial charge in [-0.3, -0.25) is 4.79 Å². The molecule has 0 bridgehead atoms. The fraction of sp³-hybridized carbons (Fsp3) is 0.200. The second-order valence-electron chi connectivity index (χ2n) is 5.98. The van der Waals surface area contributed by atoms with Gasteiger partial charge in [0.25, 0.3) is 5.91 Å². The minimum absolute atomic E-state index is 0.0975. The quantitative estimate of drug-likeness (QED) is 0.763. The van der Waals surface area contributed by atoms with Crippen molar-refractivity contribution in [1.29, 1.82) is 0 Å². The molecular formula is C20H19FN2O2. The van der Waals surface area contributed by atoms with Crippen molar-refractivity contribution in [2.75, 3.05) is 6.54 Å². The van der Waals surface area contributed by atoms with Crippen molar-refractivity contribution < 1.29 is 13.6 Å². The van der Waals surface area contributed by atoms with Crippen LogP contribution in [0, 0.1) is 19.7 Å². The van der Waals surface area contributed by atoms with E-state index in [1.54, 1.807) is 18.4 Å². The Bertz CT molecular complexity index is 885. The molecule has 3 aromatic rings. The predicted octanol–water partition coefficient (Wildman–Crippen LogP) is 4.07. The Morgan fingerprint density at radius 1 is 1.16 bits per heavy atom. The number of halogens is 1. The standard InChI is InChI=1S/C20H19FN2O2/c1-13-3-8-18(14(2)11-13)19(24)22-10-9-17-12-25-20(23-17)15-4-6-16(21)7-5-15/h3-8,11-12H,9-10H2,1-2H3,(H,22,24). The topological polar surface area (TPSA) is 55.1 Å². The molecule has 0 aliphatic heterocycles. The monoisotopic (exact) mass is 338 g/mol. The Morgan fingerprint density at radius 3 is 2.64 bits per heavy atom. The van der Waals surface area contributed by atoms with Crippen LogP contribution in [-0.4, -0.2) is 17.4 Å². The Balaban J connectivity index is 1.57. The number of benzene rings is 2. The smallest absolute Gasteiger partial charge is 0.251 e. The molecule has 1 aromatic heterocycles. The van der Waals surface area contributed by atoms with E-state index in [1.807, 2.05) is 32.0 Å². The van der Waals surface area contributed by atoms with Crippen LogP contribution < -0.4 is 5.32 Å². The first kappa shape index (κ1) is 16.9. The third-order valence-electron chi connectivity index (χ3n) is 3.94. The van der Waals surface area contributed by atoms with Crippen LogP contribution >= 0.6 is 0 Å². The Labute approximate surface area is 145 Å². The van der Waals surface area contributed by atoms with E-state index in [4.69, 9.17) is 4.42 Å². The van der Waals surface area contributed by atoms with Crippen LogP contribution in [0.3, 0.4) is 0 Å². The summed E-state index contributed by atoms with van der Waals surface area (Å²) in [6.07, 6.45) is 2.11. The molecule has 0 aliphatic carbocycles. The van der Waals surface area contributed by atoms with Crippen molar-refractivity contribution >= 4 is 5.91 Å². The van der Waals surface area contributed by atoms with Gasteiger partial charge in [0.2, 0.25) is 5.89 Å². The summed E-state index contributed by atoms with van der Waals surface area (Å²) in [5.41, 5.74) is 4.22. The summed E-state index contributed by atoms with van der Waals surface area (Å²) >= 11 is 0. The number of nitrogens with zero attached hydrogens (tertiary/aromatic N) is 1. The summed E-state index contributed by atoms with van der Waals surface area (Å²) in [4.78, 5) is 16.6. The lowest BCUT2D eigenvalue weighted by molar-refractivity contribution is 0.0953. The van der Waals surface area contributed by atoms with Crippen LogP contribution in [0.1, 0.15) is 27.2 Å². The van der Waals surface area contributed by atoms with E-state index >= 15 is 0 Å². The van der Waals surface area contributed by atoms with E-state index in [0.29, 0.717) is 30.0 Å². The van der Waals surface area contributed by atoms with Gasteiger partial charge in [0.05, 0.1) is 5.69 Å². The van der Waals surface area contributed by atoms with E-state index in [1.165, 1.54) is 12.1 Å². The molecule has 0 spiro atoms. The van der Waals surface area contributed by atoms with Gasteiger partial charge in [-0.15, -0.1) is 0 Å². The minimum Gasteiger partial charge on any atom is -0.444 e. The summed E-state index contributed by atoms with van der Waals surface area (Å²) in [5.74, 6) is 0.0418. The minimum atomic E-state index is -0.301. The Kier molecular flexibility index (Phi) is 4.93. The molecule has 0 saturated heterocycles. The third-order valence-corrected chi connectivity index (χ3v) is 3.94. The molecule has 5 heteroatoms. The van der Waals surface area contributed by atoms with E-state index in [0.717, 1.165) is 16.8 Å². The molecule has 4 nitrogen and oxygen atoms in total. The second kappa shape index (κ2) is 7.30. The summed E-state index contributed by atoms with van der Waals surface area (Å²) in [6, 6.07) is 11.7. The van der Waals surface area contributed by atoms with Gasteiger partial charge in [0, 0.05) is 24.1 Å². The molecule has 2 aromatic carbocycles. The normalized spacial score (nSPS) is 10.7. The van der Waals surface area contributed by atoms with E-state index in [-0.39, 0.29) is 11.7 Å². The molecule has 0 unspecified atom stereocenters. The maximum absolute atomic E-state index is 12.9. The molecule has 25 heavy (non-hydrogen) atoms. The molecule has 0 saturated carbocycles. The van der Waals surface area contributed by atoms with Crippen molar-refractivity contribution in [2.45, 2.75) is 20.3 Å². The molecule has 0 atom stereocenters. The molecule has 1 amide bonds. The first-order valence-corrected chi connectivity index (χ1v) is 8.09. The van der Waals surface area contributed by atoms with Gasteiger partial charge in [0.1, 0.15) is 12.1 Å². The third kappa shape index (κ3) is 4.12. The van der Waals surface area contributed by atoms with Gasteiger partial charge in [-0.25, -0.2) is 9.37 Å². The first-order valence-electron chi connectivity index (χ1n) is 8.09. The van der Waals surface area contributed by atoms with E-state index < -0.39 is 0 Å².